The predicted molar refractivity (Wildman–Crippen MR) is 114 cm³/mol. The van der Waals surface area contributed by atoms with Gasteiger partial charge in [-0.15, -0.1) is 0 Å². The van der Waals surface area contributed by atoms with Crippen molar-refractivity contribution < 1.29 is 19.6 Å². The number of amides is 1. The lowest BCUT2D eigenvalue weighted by Gasteiger charge is -2.20. The Morgan fingerprint density at radius 1 is 1.10 bits per heavy atom. The van der Waals surface area contributed by atoms with E-state index in [-0.39, 0.29) is 28.3 Å². The van der Waals surface area contributed by atoms with E-state index in [1.807, 2.05) is 26.0 Å². The van der Waals surface area contributed by atoms with Crippen LogP contribution in [-0.4, -0.2) is 39.9 Å². The largest absolute Gasteiger partial charge is 0.478 e. The molecule has 2 aromatic carbocycles. The minimum absolute atomic E-state index is 0.0740. The van der Waals surface area contributed by atoms with Crippen LogP contribution in [-0.2, 0) is 4.79 Å². The summed E-state index contributed by atoms with van der Waals surface area (Å²) < 4.78 is 0. The van der Waals surface area contributed by atoms with E-state index in [0.29, 0.717) is 18.8 Å². The number of hydrogen-bond acceptors (Lipinski definition) is 5. The highest BCUT2D eigenvalue weighted by Crippen LogP contribution is 2.33. The summed E-state index contributed by atoms with van der Waals surface area (Å²) in [5.41, 5.74) is 1.19. The fourth-order valence-corrected chi connectivity index (χ4v) is 3.36. The Kier molecular flexibility index (Phi) is 5.96. The van der Waals surface area contributed by atoms with Gasteiger partial charge in [0.05, 0.1) is 21.8 Å². The average molecular weight is 407 g/mol. The number of fused-ring (bicyclic) bond motifs is 1. The molecule has 0 atom stereocenters. The molecule has 0 saturated heterocycles. The third kappa shape index (κ3) is 3.93. The van der Waals surface area contributed by atoms with Crippen LogP contribution in [0.5, 0.6) is 0 Å². The highest BCUT2D eigenvalue weighted by atomic mass is 16.6. The van der Waals surface area contributed by atoms with Crippen LogP contribution in [0, 0.1) is 10.1 Å². The maximum atomic E-state index is 12.6. The molecule has 0 aromatic heterocycles. The predicted octanol–water partition coefficient (Wildman–Crippen LogP) is 4.01. The van der Waals surface area contributed by atoms with Crippen LogP contribution in [0.4, 0.5) is 11.4 Å². The summed E-state index contributed by atoms with van der Waals surface area (Å²) in [6, 6.07) is 11.2. The molecule has 0 saturated carbocycles. The number of carboxylic acids is 1. The van der Waals surface area contributed by atoms with Crippen molar-refractivity contribution in [2.75, 3.05) is 18.4 Å². The number of nitro benzene ring substituents is 1. The SMILES string of the molecule is CCN(CC)C(=O)c1ccc(/C(C(=O)O)=C2\C=Cc3ccccc3N2)c([N+](=O)[O-])c1. The van der Waals surface area contributed by atoms with Crippen LogP contribution in [0.1, 0.15) is 35.3 Å². The van der Waals surface area contributed by atoms with E-state index in [4.69, 9.17) is 0 Å². The fraction of sp³-hybridized carbons (Fsp3) is 0.182. The van der Waals surface area contributed by atoms with Gasteiger partial charge in [-0.2, -0.15) is 0 Å². The molecule has 1 aliphatic heterocycles. The molecular formula is C22H21N3O5. The molecular weight excluding hydrogens is 386 g/mol. The summed E-state index contributed by atoms with van der Waals surface area (Å²) in [7, 11) is 0. The number of carbonyl (C=O) groups excluding carboxylic acids is 1. The molecule has 154 valence electrons. The zero-order valence-electron chi connectivity index (χ0n) is 16.6. The van der Waals surface area contributed by atoms with E-state index in [9.17, 15) is 24.8 Å². The lowest BCUT2D eigenvalue weighted by atomic mass is 9.97. The quantitative estimate of drug-likeness (QED) is 0.425. The molecule has 2 N–H and O–H groups in total. The van der Waals surface area contributed by atoms with Crippen molar-refractivity contribution in [3.05, 3.63) is 81.0 Å². The Hall–Kier alpha value is -3.94. The number of rotatable bonds is 6. The molecule has 0 spiro atoms. The van der Waals surface area contributed by atoms with Crippen molar-refractivity contribution in [2.45, 2.75) is 13.8 Å². The molecule has 0 bridgehead atoms. The number of anilines is 1. The van der Waals surface area contributed by atoms with Crippen LogP contribution in [0.3, 0.4) is 0 Å². The molecule has 1 heterocycles. The number of benzene rings is 2. The Morgan fingerprint density at radius 2 is 1.80 bits per heavy atom. The third-order valence-electron chi connectivity index (χ3n) is 4.90. The lowest BCUT2D eigenvalue weighted by Crippen LogP contribution is -2.30. The van der Waals surface area contributed by atoms with E-state index >= 15 is 0 Å². The van der Waals surface area contributed by atoms with Crippen LogP contribution < -0.4 is 5.32 Å². The molecule has 0 unspecified atom stereocenters. The van der Waals surface area contributed by atoms with Gasteiger partial charge >= 0.3 is 5.97 Å². The summed E-state index contributed by atoms with van der Waals surface area (Å²) >= 11 is 0. The highest BCUT2D eigenvalue weighted by molar-refractivity contribution is 6.19. The summed E-state index contributed by atoms with van der Waals surface area (Å²) in [4.78, 5) is 37.3. The molecule has 8 heteroatoms. The zero-order chi connectivity index (χ0) is 21.8. The Balaban J connectivity index is 2.14. The van der Waals surface area contributed by atoms with E-state index < -0.39 is 16.6 Å². The minimum atomic E-state index is -1.31. The number of nitrogens with zero attached hydrogens (tertiary/aromatic N) is 2. The topological polar surface area (TPSA) is 113 Å². The second kappa shape index (κ2) is 8.60. The van der Waals surface area contributed by atoms with Gasteiger partial charge in [0, 0.05) is 30.4 Å². The third-order valence-corrected chi connectivity index (χ3v) is 4.90. The number of carbonyl (C=O) groups is 2. The first-order valence-electron chi connectivity index (χ1n) is 9.47. The maximum absolute atomic E-state index is 12.6. The van der Waals surface area contributed by atoms with Gasteiger partial charge in [0.1, 0.15) is 0 Å². The van der Waals surface area contributed by atoms with Crippen LogP contribution >= 0.6 is 0 Å². The number of allylic oxidation sites excluding steroid dienone is 1. The molecule has 30 heavy (non-hydrogen) atoms. The standard InChI is InChI=1S/C22H21N3O5/c1-3-24(4-2)21(26)15-9-11-16(19(13-15)25(29)30)20(22(27)28)18-12-10-14-7-5-6-8-17(14)23-18/h5-13,23H,3-4H2,1-2H3,(H,27,28)/b20-18-. The molecule has 0 fully saturated rings. The molecule has 1 amide bonds. The van der Waals surface area contributed by atoms with E-state index in [1.54, 1.807) is 24.3 Å². The van der Waals surface area contributed by atoms with Gasteiger partial charge in [-0.1, -0.05) is 24.3 Å². The molecule has 3 rings (SSSR count). The van der Waals surface area contributed by atoms with Gasteiger partial charge in [0.15, 0.2) is 0 Å². The number of nitro groups is 1. The zero-order valence-corrected chi connectivity index (χ0v) is 16.6. The smallest absolute Gasteiger partial charge is 0.338 e. The van der Waals surface area contributed by atoms with E-state index in [2.05, 4.69) is 5.32 Å². The second-order valence-electron chi connectivity index (χ2n) is 6.61. The Morgan fingerprint density at radius 3 is 2.43 bits per heavy atom. The highest BCUT2D eigenvalue weighted by Gasteiger charge is 2.27. The summed E-state index contributed by atoms with van der Waals surface area (Å²) in [6.07, 6.45) is 3.32. The first-order chi connectivity index (χ1) is 14.4. The molecule has 2 aromatic rings. The van der Waals surface area contributed by atoms with Crippen molar-refractivity contribution in [1.82, 2.24) is 4.90 Å². The fourth-order valence-electron chi connectivity index (χ4n) is 3.36. The van der Waals surface area contributed by atoms with E-state index in [1.165, 1.54) is 17.0 Å². The van der Waals surface area contributed by atoms with Crippen molar-refractivity contribution >= 4 is 34.9 Å². The second-order valence-corrected chi connectivity index (χ2v) is 6.61. The van der Waals surface area contributed by atoms with Crippen LogP contribution in [0.25, 0.3) is 11.6 Å². The van der Waals surface area contributed by atoms with Crippen LogP contribution in [0.15, 0.2) is 54.2 Å². The van der Waals surface area contributed by atoms with Gasteiger partial charge in [-0.05, 0) is 43.7 Å². The van der Waals surface area contributed by atoms with Gasteiger partial charge in [0.25, 0.3) is 11.6 Å². The van der Waals surface area contributed by atoms with Crippen molar-refractivity contribution in [3.8, 4) is 0 Å². The van der Waals surface area contributed by atoms with Crippen LogP contribution in [0.2, 0.25) is 0 Å². The molecule has 0 radical (unpaired) electrons. The minimum Gasteiger partial charge on any atom is -0.478 e. The monoisotopic (exact) mass is 407 g/mol. The number of hydrogen-bond donors (Lipinski definition) is 2. The first-order valence-corrected chi connectivity index (χ1v) is 9.47. The summed E-state index contributed by atoms with van der Waals surface area (Å²) in [5, 5.41) is 24.6. The number of nitrogens with one attached hydrogen (secondary N) is 1. The first kappa shape index (κ1) is 20.8. The summed E-state index contributed by atoms with van der Waals surface area (Å²) in [6.45, 7) is 4.55. The number of carboxylic acid groups (broad SMARTS) is 1. The van der Waals surface area contributed by atoms with Gasteiger partial charge in [-0.3, -0.25) is 14.9 Å². The maximum Gasteiger partial charge on any atom is 0.338 e. The Bertz CT molecular complexity index is 1080. The Labute approximate surface area is 173 Å². The van der Waals surface area contributed by atoms with Crippen molar-refractivity contribution in [3.63, 3.8) is 0 Å². The van der Waals surface area contributed by atoms with Crippen molar-refractivity contribution in [2.24, 2.45) is 0 Å². The van der Waals surface area contributed by atoms with E-state index in [0.717, 1.165) is 11.6 Å². The van der Waals surface area contributed by atoms with Gasteiger partial charge < -0.3 is 15.3 Å². The van der Waals surface area contributed by atoms with Gasteiger partial charge in [-0.25, -0.2) is 4.79 Å². The average Bonchev–Trinajstić information content (AvgIpc) is 2.74. The normalized spacial score (nSPS) is 13.8. The van der Waals surface area contributed by atoms with Gasteiger partial charge in [0.2, 0.25) is 0 Å². The number of para-hydroxylation sites is 1. The number of aliphatic carboxylic acids is 1. The molecule has 8 nitrogen and oxygen atoms in total. The van der Waals surface area contributed by atoms with Crippen molar-refractivity contribution in [1.29, 1.82) is 0 Å². The molecule has 0 aliphatic carbocycles. The molecule has 1 aliphatic rings. The summed E-state index contributed by atoms with van der Waals surface area (Å²) in [5.74, 6) is -1.66. The lowest BCUT2D eigenvalue weighted by molar-refractivity contribution is -0.385.